The molecule has 12 saturated heterocycles. The van der Waals surface area contributed by atoms with Crippen LogP contribution in [0.1, 0.15) is 72.8 Å². The molecule has 0 bridgehead atoms. The summed E-state index contributed by atoms with van der Waals surface area (Å²) in [4.78, 5) is 8.89. The van der Waals surface area contributed by atoms with Crippen LogP contribution in [0.25, 0.3) is 0 Å². The Labute approximate surface area is 230 Å². The van der Waals surface area contributed by atoms with Gasteiger partial charge in [-0.05, 0) is 0 Å². The summed E-state index contributed by atoms with van der Waals surface area (Å²) in [5.74, 6) is 0. The molecule has 5 heteroatoms. The minimum atomic E-state index is -4.08. The van der Waals surface area contributed by atoms with E-state index in [4.69, 9.17) is 0 Å². The fourth-order valence-corrected chi connectivity index (χ4v) is 115. The van der Waals surface area contributed by atoms with E-state index in [1.807, 2.05) is 5.56 Å². The second-order valence-corrected chi connectivity index (χ2v) is 48.3. The standard InChI is InChI=1S/C29H45N2P2.C5H5.Fe/c1-27(2,3)33(28(4,5)6)20-23-18-22(21-12-8-7-9-13-21)19-24(23)29(32,25-14-10-16-30-25)26-15-11-17-31-26;1-2-4-5-3-1;/h7-9,12-13,18-19,25-26,30-31H,10-11,14-17,20,32H2,1-6H3;1-5H;. The van der Waals surface area contributed by atoms with E-state index in [-0.39, 0.29) is 7.92 Å². The molecule has 39 heavy (non-hydrogen) atoms. The zero-order chi connectivity index (χ0) is 26.6. The Morgan fingerprint density at radius 3 is 1.74 bits per heavy atom. The van der Waals surface area contributed by atoms with Gasteiger partial charge in [-0.25, -0.2) is 0 Å². The van der Waals surface area contributed by atoms with Crippen molar-refractivity contribution in [3.8, 4) is 0 Å². The second kappa shape index (κ2) is 3.28. The van der Waals surface area contributed by atoms with E-state index < -0.39 is 6.51 Å². The predicted molar refractivity (Wildman–Crippen MR) is 166 cm³/mol. The van der Waals surface area contributed by atoms with Gasteiger partial charge in [-0.3, -0.25) is 0 Å². The average molecular weight is 605 g/mol. The molecule has 214 valence electrons. The zero-order valence-corrected chi connectivity index (χ0v) is 28.1. The van der Waals surface area contributed by atoms with Gasteiger partial charge in [-0.15, -0.1) is 0 Å². The van der Waals surface area contributed by atoms with Crippen LogP contribution in [0.4, 0.5) is 0 Å². The van der Waals surface area contributed by atoms with Gasteiger partial charge in [-0.2, -0.15) is 0 Å². The topological polar surface area (TPSA) is 24.1 Å². The summed E-state index contributed by atoms with van der Waals surface area (Å²) in [5, 5.41) is 9.80. The van der Waals surface area contributed by atoms with Gasteiger partial charge in [0.1, 0.15) is 0 Å². The fraction of sp³-hybridized carbons (Fsp3) is 0.824. The van der Waals surface area contributed by atoms with Crippen molar-refractivity contribution in [2.45, 2.75) is 141 Å². The molecule has 1 spiro atoms. The maximum atomic E-state index is 4.26. The van der Waals surface area contributed by atoms with E-state index in [1.165, 1.54) is 72.5 Å². The van der Waals surface area contributed by atoms with E-state index in [2.05, 4.69) is 91.7 Å². The molecule has 0 radical (unpaired) electrons. The SMILES string of the molecule is CC(C)(C)P(C[C]12[CH]3[C]4(c5ccccc5)[CH]5[C]1(C(P)(C1CCCN1)C1CCCN1)[Fe]35421678[CH]2[CH]1[CH]6[CH]7[CH]28)C(C)(C)C. The number of fused-ring (bicyclic) bond motifs is 10. The molecule has 12 aliphatic rings. The first-order chi connectivity index (χ1) is 18.2. The minimum absolute atomic E-state index is 0.0585. The van der Waals surface area contributed by atoms with Crippen molar-refractivity contribution in [2.24, 2.45) is 0 Å². The van der Waals surface area contributed by atoms with Crippen LogP contribution in [0.2, 0.25) is 42.3 Å². The van der Waals surface area contributed by atoms with Crippen molar-refractivity contribution in [1.82, 2.24) is 10.6 Å². The molecule has 0 saturated carbocycles. The quantitative estimate of drug-likeness (QED) is 0.252. The van der Waals surface area contributed by atoms with Crippen molar-refractivity contribution in [3.05, 3.63) is 35.9 Å². The Morgan fingerprint density at radius 2 is 1.33 bits per heavy atom. The molecule has 2 N–H and O–H groups in total. The number of benzene rings is 1. The average Bonchev–Trinajstić information content (AvgIpc) is 3.68. The number of nitrogens with one attached hydrogen (secondary N) is 2. The molecule has 1 aromatic rings. The van der Waals surface area contributed by atoms with Gasteiger partial charge >= 0.3 is 231 Å². The third kappa shape index (κ3) is 0.547. The first-order valence-electron chi connectivity index (χ1n) is 16.5. The third-order valence-electron chi connectivity index (χ3n) is 22.4. The van der Waals surface area contributed by atoms with E-state index >= 15 is 0 Å². The van der Waals surface area contributed by atoms with Gasteiger partial charge in [0.15, 0.2) is 0 Å². The molecular formula is C34H50FeN2P2. The Morgan fingerprint density at radius 1 is 0.821 bits per heavy atom. The van der Waals surface area contributed by atoms with Crippen molar-refractivity contribution in [3.63, 3.8) is 0 Å². The summed E-state index contributed by atoms with van der Waals surface area (Å²) in [7, 11) is 3.84. The van der Waals surface area contributed by atoms with Gasteiger partial charge in [-0.1, -0.05) is 0 Å². The Balaban J connectivity index is 1.16. The van der Waals surface area contributed by atoms with Crippen molar-refractivity contribution in [1.29, 1.82) is 0 Å². The Hall–Kier alpha value is 0.519. The van der Waals surface area contributed by atoms with Crippen molar-refractivity contribution >= 4 is 17.2 Å². The van der Waals surface area contributed by atoms with Crippen LogP contribution in [0.15, 0.2) is 30.3 Å². The molecule has 8 unspecified atom stereocenters. The molecule has 1 aromatic carbocycles. The molecule has 13 rings (SSSR count). The summed E-state index contributed by atoms with van der Waals surface area (Å²) < 4.78 is 2.33. The van der Waals surface area contributed by atoms with E-state index in [0.29, 0.717) is 15.5 Å². The van der Waals surface area contributed by atoms with E-state index in [0.717, 1.165) is 25.0 Å². The number of hydrogen-bond donors (Lipinski definition) is 2. The first-order valence-corrected chi connectivity index (χ1v) is 24.7. The normalized spacial score (nSPS) is 73.1. The first kappa shape index (κ1) is 22.1. The molecule has 2 nitrogen and oxygen atoms in total. The molecule has 12 fully saturated rings. The zero-order valence-electron chi connectivity index (χ0n) is 24.9. The van der Waals surface area contributed by atoms with E-state index in [9.17, 15) is 0 Å². The molecule has 12 aliphatic heterocycles. The van der Waals surface area contributed by atoms with Crippen molar-refractivity contribution < 1.29 is 6.51 Å². The molecular weight excluding hydrogens is 554 g/mol. The summed E-state index contributed by atoms with van der Waals surface area (Å²) in [6, 6.07) is 14.0. The fourth-order valence-electron chi connectivity index (χ4n) is 25.2. The van der Waals surface area contributed by atoms with Crippen LogP contribution in [0.3, 0.4) is 0 Å². The van der Waals surface area contributed by atoms with Gasteiger partial charge in [0.2, 0.25) is 0 Å². The number of hydrogen-bond acceptors (Lipinski definition) is 2. The van der Waals surface area contributed by atoms with Crippen molar-refractivity contribution in [2.75, 3.05) is 19.3 Å². The monoisotopic (exact) mass is 604 g/mol. The van der Waals surface area contributed by atoms with Crippen LogP contribution >= 0.6 is 17.2 Å². The Bertz CT molecular complexity index is 1780. The molecule has 0 aliphatic carbocycles. The number of rotatable bonds is 6. The molecule has 0 amide bonds. The van der Waals surface area contributed by atoms with Gasteiger partial charge in [0, 0.05) is 0 Å². The van der Waals surface area contributed by atoms with Crippen LogP contribution in [-0.4, -0.2) is 46.8 Å². The molecule has 0 aromatic heterocycles. The van der Waals surface area contributed by atoms with Crippen LogP contribution in [-0.2, 0) is 10.8 Å². The summed E-state index contributed by atoms with van der Waals surface area (Å²) >= 11 is 0. The maximum absolute atomic E-state index is 4.26. The van der Waals surface area contributed by atoms with E-state index in [1.54, 1.807) is 6.16 Å². The van der Waals surface area contributed by atoms with Gasteiger partial charge in [0.25, 0.3) is 0 Å². The van der Waals surface area contributed by atoms with Crippen LogP contribution in [0.5, 0.6) is 0 Å². The summed E-state index contributed by atoms with van der Waals surface area (Å²) in [6.07, 6.45) is 7.35. The van der Waals surface area contributed by atoms with Gasteiger partial charge < -0.3 is 0 Å². The van der Waals surface area contributed by atoms with Crippen LogP contribution < -0.4 is 10.6 Å². The third-order valence-corrected chi connectivity index (χ3v) is 72.3. The summed E-state index contributed by atoms with van der Waals surface area (Å²) in [6.45, 7) is 14.3. The second-order valence-electron chi connectivity index (χ2n) is 20.5. The predicted octanol–water partition coefficient (Wildman–Crippen LogP) is 8.42. The summed E-state index contributed by atoms with van der Waals surface area (Å²) in [5.41, 5.74) is 1.90. The van der Waals surface area contributed by atoms with Gasteiger partial charge in [0.05, 0.1) is 0 Å². The molecule has 8 atom stereocenters. The molecule has 12 heterocycles. The Kier molecular flexibility index (Phi) is 1.86. The van der Waals surface area contributed by atoms with Crippen LogP contribution in [0, 0.1) is 0 Å².